The highest BCUT2D eigenvalue weighted by Crippen LogP contribution is 2.24. The first-order valence-corrected chi connectivity index (χ1v) is 7.42. The zero-order valence-corrected chi connectivity index (χ0v) is 11.5. The van der Waals surface area contributed by atoms with E-state index in [-0.39, 0.29) is 0 Å². The molecule has 3 heteroatoms. The zero-order chi connectivity index (χ0) is 12.1. The molecule has 1 heterocycles. The van der Waals surface area contributed by atoms with E-state index in [1.807, 2.05) is 0 Å². The van der Waals surface area contributed by atoms with Gasteiger partial charge in [-0.15, -0.1) is 0 Å². The lowest BCUT2D eigenvalue weighted by Crippen LogP contribution is -2.41. The molecule has 1 saturated heterocycles. The Hall–Kier alpha value is -0.120. The first-order chi connectivity index (χ1) is 8.25. The van der Waals surface area contributed by atoms with E-state index in [0.717, 1.165) is 18.6 Å². The molecule has 0 amide bonds. The molecule has 2 rings (SSSR count). The minimum absolute atomic E-state index is 0.651. The molecule has 0 aromatic rings. The summed E-state index contributed by atoms with van der Waals surface area (Å²) >= 11 is 0. The number of hydrogen-bond acceptors (Lipinski definition) is 3. The highest BCUT2D eigenvalue weighted by atomic mass is 15.2. The van der Waals surface area contributed by atoms with Crippen LogP contribution in [0.1, 0.15) is 45.4 Å². The highest BCUT2D eigenvalue weighted by Gasteiger charge is 2.25. The molecule has 0 aromatic carbocycles. The lowest BCUT2D eigenvalue weighted by atomic mass is 9.99. The number of piperidine rings is 1. The summed E-state index contributed by atoms with van der Waals surface area (Å²) in [6.45, 7) is 5.89. The third-order valence-electron chi connectivity index (χ3n) is 4.18. The van der Waals surface area contributed by atoms with Gasteiger partial charge in [-0.25, -0.2) is 0 Å². The van der Waals surface area contributed by atoms with Gasteiger partial charge in [0.2, 0.25) is 0 Å². The Bertz CT molecular complexity index is 210. The van der Waals surface area contributed by atoms with E-state index in [1.165, 1.54) is 51.6 Å². The highest BCUT2D eigenvalue weighted by molar-refractivity contribution is 4.83. The standard InChI is InChI=1S/C14H29N3/c1-12(11-13-5-3-4-8-16-13)15-9-10-17(2)14-6-7-14/h12-16H,3-11H2,1-2H3. The first-order valence-electron chi connectivity index (χ1n) is 7.42. The third-order valence-corrected chi connectivity index (χ3v) is 4.18. The van der Waals surface area contributed by atoms with Crippen molar-refractivity contribution in [3.05, 3.63) is 0 Å². The van der Waals surface area contributed by atoms with Crippen LogP contribution < -0.4 is 10.6 Å². The molecule has 0 aromatic heterocycles. The fourth-order valence-corrected chi connectivity index (χ4v) is 2.82. The maximum absolute atomic E-state index is 3.66. The predicted octanol–water partition coefficient (Wildman–Crippen LogP) is 1.59. The lowest BCUT2D eigenvalue weighted by Gasteiger charge is -2.27. The van der Waals surface area contributed by atoms with Crippen molar-refractivity contribution in [2.75, 3.05) is 26.7 Å². The van der Waals surface area contributed by atoms with Gasteiger partial charge in [-0.3, -0.25) is 0 Å². The molecule has 1 aliphatic heterocycles. The average molecular weight is 239 g/mol. The fraction of sp³-hybridized carbons (Fsp3) is 1.00. The summed E-state index contributed by atoms with van der Waals surface area (Å²) < 4.78 is 0. The Morgan fingerprint density at radius 2 is 2.12 bits per heavy atom. The van der Waals surface area contributed by atoms with Crippen molar-refractivity contribution >= 4 is 0 Å². The van der Waals surface area contributed by atoms with Gasteiger partial charge in [-0.2, -0.15) is 0 Å². The molecule has 0 radical (unpaired) electrons. The molecule has 2 fully saturated rings. The van der Waals surface area contributed by atoms with Crippen LogP contribution in [-0.4, -0.2) is 49.7 Å². The van der Waals surface area contributed by atoms with Crippen LogP contribution in [-0.2, 0) is 0 Å². The number of hydrogen-bond donors (Lipinski definition) is 2. The Balaban J connectivity index is 1.51. The fourth-order valence-electron chi connectivity index (χ4n) is 2.82. The molecule has 2 unspecified atom stereocenters. The van der Waals surface area contributed by atoms with Crippen LogP contribution in [0.4, 0.5) is 0 Å². The van der Waals surface area contributed by atoms with E-state index in [2.05, 4.69) is 29.5 Å². The molecule has 100 valence electrons. The summed E-state index contributed by atoms with van der Waals surface area (Å²) in [5, 5.41) is 7.29. The second kappa shape index (κ2) is 6.72. The van der Waals surface area contributed by atoms with E-state index < -0.39 is 0 Å². The van der Waals surface area contributed by atoms with Crippen molar-refractivity contribution in [2.24, 2.45) is 0 Å². The van der Waals surface area contributed by atoms with Crippen LogP contribution in [0, 0.1) is 0 Å². The quantitative estimate of drug-likeness (QED) is 0.706. The van der Waals surface area contributed by atoms with Crippen molar-refractivity contribution < 1.29 is 0 Å². The van der Waals surface area contributed by atoms with Gasteiger partial charge in [0.15, 0.2) is 0 Å². The SMILES string of the molecule is CC(CC1CCCCN1)NCCN(C)C1CC1. The van der Waals surface area contributed by atoms with Crippen LogP contribution in [0.3, 0.4) is 0 Å². The summed E-state index contributed by atoms with van der Waals surface area (Å²) in [5.74, 6) is 0. The van der Waals surface area contributed by atoms with E-state index in [9.17, 15) is 0 Å². The van der Waals surface area contributed by atoms with Gasteiger partial charge in [-0.1, -0.05) is 6.42 Å². The van der Waals surface area contributed by atoms with E-state index in [0.29, 0.717) is 6.04 Å². The average Bonchev–Trinajstić information content (AvgIpc) is 3.14. The van der Waals surface area contributed by atoms with Crippen LogP contribution >= 0.6 is 0 Å². The summed E-state index contributed by atoms with van der Waals surface area (Å²) in [6.07, 6.45) is 8.26. The van der Waals surface area contributed by atoms with Gasteiger partial charge in [0.05, 0.1) is 0 Å². The maximum atomic E-state index is 3.66. The number of likely N-dealkylation sites (N-methyl/N-ethyl adjacent to an activating group) is 1. The Morgan fingerprint density at radius 3 is 2.76 bits per heavy atom. The lowest BCUT2D eigenvalue weighted by molar-refractivity contribution is 0.302. The van der Waals surface area contributed by atoms with Crippen molar-refractivity contribution in [2.45, 2.75) is 63.6 Å². The topological polar surface area (TPSA) is 27.3 Å². The maximum Gasteiger partial charge on any atom is 0.0107 e. The van der Waals surface area contributed by atoms with E-state index in [1.54, 1.807) is 0 Å². The van der Waals surface area contributed by atoms with E-state index >= 15 is 0 Å². The molecular weight excluding hydrogens is 210 g/mol. The van der Waals surface area contributed by atoms with Gasteiger partial charge in [-0.05, 0) is 52.6 Å². The molecule has 0 spiro atoms. The van der Waals surface area contributed by atoms with Crippen molar-refractivity contribution in [3.8, 4) is 0 Å². The molecular formula is C14H29N3. The number of nitrogens with zero attached hydrogens (tertiary/aromatic N) is 1. The van der Waals surface area contributed by atoms with Gasteiger partial charge in [0.1, 0.15) is 0 Å². The van der Waals surface area contributed by atoms with Gasteiger partial charge in [0, 0.05) is 31.2 Å². The van der Waals surface area contributed by atoms with Gasteiger partial charge in [0.25, 0.3) is 0 Å². The molecule has 1 saturated carbocycles. The van der Waals surface area contributed by atoms with Crippen LogP contribution in [0.5, 0.6) is 0 Å². The summed E-state index contributed by atoms with van der Waals surface area (Å²) in [5.41, 5.74) is 0. The molecule has 1 aliphatic carbocycles. The normalized spacial score (nSPS) is 27.4. The molecule has 3 nitrogen and oxygen atoms in total. The van der Waals surface area contributed by atoms with Gasteiger partial charge >= 0.3 is 0 Å². The third kappa shape index (κ3) is 4.94. The Labute approximate surface area is 106 Å². The monoisotopic (exact) mass is 239 g/mol. The molecule has 17 heavy (non-hydrogen) atoms. The summed E-state index contributed by atoms with van der Waals surface area (Å²) in [6, 6.07) is 2.30. The minimum atomic E-state index is 0.651. The Kier molecular flexibility index (Phi) is 5.26. The van der Waals surface area contributed by atoms with Crippen molar-refractivity contribution in [3.63, 3.8) is 0 Å². The first kappa shape index (κ1) is 13.3. The van der Waals surface area contributed by atoms with Crippen molar-refractivity contribution in [1.29, 1.82) is 0 Å². The molecule has 2 N–H and O–H groups in total. The summed E-state index contributed by atoms with van der Waals surface area (Å²) in [7, 11) is 2.26. The molecule has 2 aliphatic rings. The van der Waals surface area contributed by atoms with Crippen LogP contribution in [0.2, 0.25) is 0 Å². The largest absolute Gasteiger partial charge is 0.314 e. The Morgan fingerprint density at radius 1 is 1.29 bits per heavy atom. The second-order valence-electron chi connectivity index (χ2n) is 5.95. The zero-order valence-electron chi connectivity index (χ0n) is 11.5. The smallest absolute Gasteiger partial charge is 0.0107 e. The van der Waals surface area contributed by atoms with Crippen molar-refractivity contribution in [1.82, 2.24) is 15.5 Å². The number of nitrogens with one attached hydrogen (secondary N) is 2. The van der Waals surface area contributed by atoms with E-state index in [4.69, 9.17) is 0 Å². The van der Waals surface area contributed by atoms with Crippen LogP contribution in [0.15, 0.2) is 0 Å². The minimum Gasteiger partial charge on any atom is -0.314 e. The van der Waals surface area contributed by atoms with Crippen LogP contribution in [0.25, 0.3) is 0 Å². The summed E-state index contributed by atoms with van der Waals surface area (Å²) in [4.78, 5) is 2.50. The predicted molar refractivity (Wildman–Crippen MR) is 73.4 cm³/mol. The van der Waals surface area contributed by atoms with Gasteiger partial charge < -0.3 is 15.5 Å². The second-order valence-corrected chi connectivity index (χ2v) is 5.95. The number of rotatable bonds is 7. The molecule has 0 bridgehead atoms. The molecule has 2 atom stereocenters.